The Morgan fingerprint density at radius 3 is 2.55 bits per heavy atom. The Morgan fingerprint density at radius 2 is 1.95 bits per heavy atom. The minimum atomic E-state index is -0.551. The van der Waals surface area contributed by atoms with Crippen LogP contribution in [-0.4, -0.2) is 49.1 Å². The van der Waals surface area contributed by atoms with E-state index in [-0.39, 0.29) is 17.7 Å². The van der Waals surface area contributed by atoms with Gasteiger partial charge in [-0.25, -0.2) is 0 Å². The van der Waals surface area contributed by atoms with Gasteiger partial charge in [-0.1, -0.05) is 31.5 Å². The molecular formula is C16H21ClN2O3. The van der Waals surface area contributed by atoms with Gasteiger partial charge in [0.25, 0.3) is 5.91 Å². The zero-order chi connectivity index (χ0) is 16.1. The molecule has 6 heteroatoms. The van der Waals surface area contributed by atoms with Crippen LogP contribution in [0.1, 0.15) is 24.2 Å². The van der Waals surface area contributed by atoms with Crippen LogP contribution < -0.4 is 5.32 Å². The Bertz CT molecular complexity index is 542. The van der Waals surface area contributed by atoms with Crippen molar-refractivity contribution in [2.75, 3.05) is 26.3 Å². The molecule has 0 bridgehead atoms. The van der Waals surface area contributed by atoms with Crippen LogP contribution in [-0.2, 0) is 9.53 Å². The molecule has 0 unspecified atom stereocenters. The van der Waals surface area contributed by atoms with Crippen LogP contribution >= 0.6 is 11.6 Å². The van der Waals surface area contributed by atoms with Crippen molar-refractivity contribution in [3.8, 4) is 0 Å². The second kappa shape index (κ2) is 7.61. The number of nitrogens with one attached hydrogen (secondary N) is 1. The normalized spacial score (nSPS) is 16.5. The summed E-state index contributed by atoms with van der Waals surface area (Å²) >= 11 is 5.90. The fourth-order valence-corrected chi connectivity index (χ4v) is 2.54. The minimum Gasteiger partial charge on any atom is -0.378 e. The van der Waals surface area contributed by atoms with Crippen molar-refractivity contribution in [3.05, 3.63) is 34.9 Å². The van der Waals surface area contributed by atoms with Crippen LogP contribution in [0.3, 0.4) is 0 Å². The zero-order valence-electron chi connectivity index (χ0n) is 12.8. The molecule has 1 aromatic carbocycles. The van der Waals surface area contributed by atoms with Crippen LogP contribution in [0.4, 0.5) is 0 Å². The van der Waals surface area contributed by atoms with E-state index in [4.69, 9.17) is 16.3 Å². The summed E-state index contributed by atoms with van der Waals surface area (Å²) in [6, 6.07) is 6.14. The lowest BCUT2D eigenvalue weighted by Gasteiger charge is -2.32. The zero-order valence-corrected chi connectivity index (χ0v) is 13.6. The molecule has 0 saturated carbocycles. The lowest BCUT2D eigenvalue weighted by Crippen LogP contribution is -2.53. The molecule has 1 atom stereocenters. The third kappa shape index (κ3) is 4.21. The Balaban J connectivity index is 2.08. The van der Waals surface area contributed by atoms with E-state index in [9.17, 15) is 9.59 Å². The highest BCUT2D eigenvalue weighted by Gasteiger charge is 2.29. The minimum absolute atomic E-state index is 0.00141. The molecule has 1 saturated heterocycles. The first-order chi connectivity index (χ1) is 10.5. The summed E-state index contributed by atoms with van der Waals surface area (Å²) in [4.78, 5) is 26.7. The van der Waals surface area contributed by atoms with Gasteiger partial charge in [0.2, 0.25) is 5.91 Å². The molecule has 1 N–H and O–H groups in total. The quantitative estimate of drug-likeness (QED) is 0.921. The van der Waals surface area contributed by atoms with Gasteiger partial charge >= 0.3 is 0 Å². The van der Waals surface area contributed by atoms with E-state index in [1.807, 2.05) is 13.8 Å². The maximum Gasteiger partial charge on any atom is 0.251 e. The molecule has 0 spiro atoms. The summed E-state index contributed by atoms with van der Waals surface area (Å²) in [5.74, 6) is -0.352. The first-order valence-electron chi connectivity index (χ1n) is 7.42. The van der Waals surface area contributed by atoms with Crippen LogP contribution in [0.15, 0.2) is 24.3 Å². The average molecular weight is 325 g/mol. The van der Waals surface area contributed by atoms with Gasteiger partial charge < -0.3 is 15.0 Å². The highest BCUT2D eigenvalue weighted by molar-refractivity contribution is 6.31. The standard InChI is InChI=1S/C16H21ClN2O3/c1-11(2)14(16(21)19-6-8-22-9-7-19)18-15(20)12-4-3-5-13(17)10-12/h3-5,10-11,14H,6-9H2,1-2H3,(H,18,20)/t14-/m0/s1. The van der Waals surface area contributed by atoms with Crippen molar-refractivity contribution in [2.45, 2.75) is 19.9 Å². The summed E-state index contributed by atoms with van der Waals surface area (Å²) < 4.78 is 5.26. The molecule has 1 aliphatic heterocycles. The number of hydrogen-bond acceptors (Lipinski definition) is 3. The summed E-state index contributed by atoms with van der Waals surface area (Å²) in [5, 5.41) is 3.32. The van der Waals surface area contributed by atoms with Gasteiger partial charge in [0, 0.05) is 23.7 Å². The van der Waals surface area contributed by atoms with E-state index >= 15 is 0 Å². The number of amides is 2. The van der Waals surface area contributed by atoms with Gasteiger partial charge in [-0.15, -0.1) is 0 Å². The SMILES string of the molecule is CC(C)[C@H](NC(=O)c1cccc(Cl)c1)C(=O)N1CCOCC1. The van der Waals surface area contributed by atoms with Crippen molar-refractivity contribution >= 4 is 23.4 Å². The summed E-state index contributed by atoms with van der Waals surface area (Å²) in [7, 11) is 0. The van der Waals surface area contributed by atoms with E-state index in [0.717, 1.165) is 0 Å². The number of nitrogens with zero attached hydrogens (tertiary/aromatic N) is 1. The second-order valence-electron chi connectivity index (χ2n) is 5.64. The van der Waals surface area contributed by atoms with Crippen LogP contribution in [0, 0.1) is 5.92 Å². The number of hydrogen-bond donors (Lipinski definition) is 1. The van der Waals surface area contributed by atoms with Crippen molar-refractivity contribution in [2.24, 2.45) is 5.92 Å². The first kappa shape index (κ1) is 16.8. The smallest absolute Gasteiger partial charge is 0.251 e. The Kier molecular flexibility index (Phi) is 5.80. The van der Waals surface area contributed by atoms with Crippen LogP contribution in [0.5, 0.6) is 0 Å². The second-order valence-corrected chi connectivity index (χ2v) is 6.08. The van der Waals surface area contributed by atoms with Gasteiger partial charge in [0.15, 0.2) is 0 Å². The van der Waals surface area contributed by atoms with E-state index in [2.05, 4.69) is 5.32 Å². The molecule has 1 heterocycles. The third-order valence-corrected chi connectivity index (χ3v) is 3.86. The number of ether oxygens (including phenoxy) is 1. The van der Waals surface area contributed by atoms with Gasteiger partial charge in [-0.05, 0) is 24.1 Å². The monoisotopic (exact) mass is 324 g/mol. The van der Waals surface area contributed by atoms with E-state index in [1.54, 1.807) is 29.2 Å². The number of halogens is 1. The lowest BCUT2D eigenvalue weighted by molar-refractivity contribution is -0.138. The number of rotatable bonds is 4. The predicted molar refractivity (Wildman–Crippen MR) is 84.9 cm³/mol. The number of benzene rings is 1. The van der Waals surface area contributed by atoms with Crippen molar-refractivity contribution < 1.29 is 14.3 Å². The van der Waals surface area contributed by atoms with Crippen molar-refractivity contribution in [1.82, 2.24) is 10.2 Å². The van der Waals surface area contributed by atoms with E-state index < -0.39 is 6.04 Å². The molecule has 1 aromatic rings. The maximum absolute atomic E-state index is 12.6. The molecule has 0 aromatic heterocycles. The third-order valence-electron chi connectivity index (χ3n) is 3.63. The highest BCUT2D eigenvalue weighted by atomic mass is 35.5. The molecule has 0 radical (unpaired) electrons. The number of carbonyl (C=O) groups excluding carboxylic acids is 2. The molecule has 1 fully saturated rings. The Labute approximate surface area is 135 Å². The largest absolute Gasteiger partial charge is 0.378 e. The molecule has 2 rings (SSSR count). The summed E-state index contributed by atoms with van der Waals surface area (Å²) in [5.41, 5.74) is 0.452. The molecule has 2 amide bonds. The van der Waals surface area contributed by atoms with Crippen LogP contribution in [0.2, 0.25) is 5.02 Å². The molecule has 120 valence electrons. The maximum atomic E-state index is 12.6. The molecule has 22 heavy (non-hydrogen) atoms. The topological polar surface area (TPSA) is 58.6 Å². The average Bonchev–Trinajstić information content (AvgIpc) is 2.52. The number of morpholine rings is 1. The van der Waals surface area contributed by atoms with Gasteiger partial charge in [0.1, 0.15) is 6.04 Å². The van der Waals surface area contributed by atoms with Gasteiger partial charge in [0.05, 0.1) is 13.2 Å². The first-order valence-corrected chi connectivity index (χ1v) is 7.80. The molecular weight excluding hydrogens is 304 g/mol. The summed E-state index contributed by atoms with van der Waals surface area (Å²) in [6.45, 7) is 6.05. The Morgan fingerprint density at radius 1 is 1.27 bits per heavy atom. The van der Waals surface area contributed by atoms with E-state index in [1.165, 1.54) is 0 Å². The predicted octanol–water partition coefficient (Wildman–Crippen LogP) is 1.95. The number of carbonyl (C=O) groups is 2. The van der Waals surface area contributed by atoms with Crippen LogP contribution in [0.25, 0.3) is 0 Å². The fraction of sp³-hybridized carbons (Fsp3) is 0.500. The molecule has 5 nitrogen and oxygen atoms in total. The lowest BCUT2D eigenvalue weighted by atomic mass is 10.0. The van der Waals surface area contributed by atoms with Crippen molar-refractivity contribution in [3.63, 3.8) is 0 Å². The Hall–Kier alpha value is -1.59. The molecule has 1 aliphatic rings. The van der Waals surface area contributed by atoms with Crippen molar-refractivity contribution in [1.29, 1.82) is 0 Å². The highest BCUT2D eigenvalue weighted by Crippen LogP contribution is 2.13. The van der Waals surface area contributed by atoms with Gasteiger partial charge in [-0.2, -0.15) is 0 Å². The van der Waals surface area contributed by atoms with Gasteiger partial charge in [-0.3, -0.25) is 9.59 Å². The fourth-order valence-electron chi connectivity index (χ4n) is 2.35. The van der Waals surface area contributed by atoms with E-state index in [0.29, 0.717) is 36.9 Å². The molecule has 0 aliphatic carbocycles. The summed E-state index contributed by atoms with van der Waals surface area (Å²) in [6.07, 6.45) is 0.